The number of benzene rings is 3. The second-order valence-electron chi connectivity index (χ2n) is 8.44. The number of hydrogen-bond acceptors (Lipinski definition) is 6. The Kier molecular flexibility index (Phi) is 9.19. The number of nitrogens with one attached hydrogen (secondary N) is 1. The van der Waals surface area contributed by atoms with Crippen molar-refractivity contribution in [2.45, 2.75) is 12.2 Å². The van der Waals surface area contributed by atoms with E-state index in [1.165, 1.54) is 35.6 Å². The summed E-state index contributed by atoms with van der Waals surface area (Å²) in [5.74, 6) is -2.78. The summed E-state index contributed by atoms with van der Waals surface area (Å²) < 4.78 is 39.8. The molecule has 16 heteroatoms. The van der Waals surface area contributed by atoms with Crippen molar-refractivity contribution < 1.29 is 37.8 Å². The Morgan fingerprint density at radius 3 is 2.32 bits per heavy atom. The zero-order chi connectivity index (χ0) is 30.1. The average molecular weight is 707 g/mol. The monoisotopic (exact) mass is 705 g/mol. The third kappa shape index (κ3) is 6.95. The number of nitrogens with zero attached hydrogens (tertiary/aromatic N) is 2. The van der Waals surface area contributed by atoms with Gasteiger partial charge in [-0.05, 0) is 42.0 Å². The zero-order valence-electron chi connectivity index (χ0n) is 20.3. The largest absolute Gasteiger partial charge is 0.474 e. The molecule has 41 heavy (non-hydrogen) atoms. The molecule has 4 rings (SSSR count). The Hall–Kier alpha value is -2.90. The SMILES string of the molecule is O=C(O)C(=O)Nc1ccc(-c2csc(N(Cc3ccc(C(F)(F)P(=O)(O)O)c(Br)c3)c3ccc(Cl)c(Cl)c3)n2)cc1. The third-order valence-corrected chi connectivity index (χ3v) is 8.87. The van der Waals surface area contributed by atoms with Crippen LogP contribution in [0.4, 0.5) is 25.3 Å². The molecule has 1 amide bonds. The number of anilines is 3. The molecule has 0 bridgehead atoms. The molecule has 1 aromatic heterocycles. The fourth-order valence-electron chi connectivity index (χ4n) is 3.59. The molecule has 0 aliphatic heterocycles. The first-order chi connectivity index (χ1) is 19.2. The number of aromatic nitrogens is 1. The first-order valence-corrected chi connectivity index (χ1v) is 15.3. The molecule has 214 valence electrons. The van der Waals surface area contributed by atoms with E-state index < -0.39 is 30.7 Å². The molecule has 9 nitrogen and oxygen atoms in total. The maximum atomic E-state index is 14.3. The normalized spacial score (nSPS) is 11.8. The topological polar surface area (TPSA) is 140 Å². The summed E-state index contributed by atoms with van der Waals surface area (Å²) in [7, 11) is -5.76. The highest BCUT2D eigenvalue weighted by Gasteiger charge is 2.51. The molecule has 3 aromatic carbocycles. The van der Waals surface area contributed by atoms with E-state index in [0.717, 1.165) is 6.07 Å². The highest BCUT2D eigenvalue weighted by molar-refractivity contribution is 9.10. The second-order valence-corrected chi connectivity index (χ2v) is 12.6. The molecule has 0 atom stereocenters. The van der Waals surface area contributed by atoms with Gasteiger partial charge in [0.05, 0.1) is 22.3 Å². The van der Waals surface area contributed by atoms with E-state index in [4.69, 9.17) is 38.1 Å². The van der Waals surface area contributed by atoms with Gasteiger partial charge in [0.1, 0.15) is 0 Å². The van der Waals surface area contributed by atoms with Crippen LogP contribution in [-0.4, -0.2) is 31.8 Å². The lowest BCUT2D eigenvalue weighted by Gasteiger charge is -2.24. The van der Waals surface area contributed by atoms with Crippen LogP contribution in [0.5, 0.6) is 0 Å². The van der Waals surface area contributed by atoms with E-state index in [2.05, 4.69) is 26.2 Å². The second kappa shape index (κ2) is 12.1. The summed E-state index contributed by atoms with van der Waals surface area (Å²) in [6.07, 6.45) is 0. The number of amides is 1. The van der Waals surface area contributed by atoms with Crippen LogP contribution in [0.25, 0.3) is 11.3 Å². The molecule has 4 N–H and O–H groups in total. The van der Waals surface area contributed by atoms with Gasteiger partial charge in [-0.3, -0.25) is 9.36 Å². The van der Waals surface area contributed by atoms with Gasteiger partial charge < -0.3 is 25.1 Å². The third-order valence-electron chi connectivity index (χ3n) is 5.63. The van der Waals surface area contributed by atoms with Gasteiger partial charge in [-0.2, -0.15) is 8.78 Å². The lowest BCUT2D eigenvalue weighted by molar-refractivity contribution is -0.147. The van der Waals surface area contributed by atoms with E-state index in [-0.39, 0.29) is 21.7 Å². The van der Waals surface area contributed by atoms with E-state index in [1.807, 2.05) is 0 Å². The summed E-state index contributed by atoms with van der Waals surface area (Å²) >= 11 is 16.6. The van der Waals surface area contributed by atoms with Crippen molar-refractivity contribution in [3.8, 4) is 11.3 Å². The lowest BCUT2D eigenvalue weighted by atomic mass is 10.1. The standard InChI is InChI=1S/C25H17BrCl2F2N3O6PS/c26-18-9-13(1-7-17(18)25(29,30)40(37,38)39)11-33(16-6-8-19(27)20(28)10-16)24-32-21(12-41-24)14-2-4-15(5-3-14)31-22(34)23(35)36/h1-10,12H,11H2,(H,31,34)(H,35,36)(H2,37,38,39). The lowest BCUT2D eigenvalue weighted by Crippen LogP contribution is -2.21. The molecule has 0 fully saturated rings. The summed E-state index contributed by atoms with van der Waals surface area (Å²) in [4.78, 5) is 46.8. The van der Waals surface area contributed by atoms with Crippen molar-refractivity contribution in [1.29, 1.82) is 0 Å². The van der Waals surface area contributed by atoms with Gasteiger partial charge in [0.2, 0.25) is 0 Å². The quantitative estimate of drug-likeness (QED) is 0.109. The number of carbonyl (C=O) groups excluding carboxylic acids is 1. The molecule has 0 spiro atoms. The van der Waals surface area contributed by atoms with Crippen LogP contribution >= 0.6 is 58.1 Å². The van der Waals surface area contributed by atoms with Crippen LogP contribution in [0.2, 0.25) is 10.0 Å². The van der Waals surface area contributed by atoms with E-state index >= 15 is 0 Å². The summed E-state index contributed by atoms with van der Waals surface area (Å²) in [5.41, 5.74) is -2.64. The van der Waals surface area contributed by atoms with Gasteiger partial charge in [0.25, 0.3) is 0 Å². The van der Waals surface area contributed by atoms with Crippen molar-refractivity contribution >= 4 is 86.4 Å². The maximum absolute atomic E-state index is 14.3. The molecule has 0 aliphatic rings. The minimum atomic E-state index is -5.76. The minimum Gasteiger partial charge on any atom is -0.474 e. The fraction of sp³-hybridized carbons (Fsp3) is 0.0800. The van der Waals surface area contributed by atoms with Gasteiger partial charge in [-0.15, -0.1) is 11.3 Å². The fourth-order valence-corrected chi connectivity index (χ4v) is 6.08. The predicted octanol–water partition coefficient (Wildman–Crippen LogP) is 7.47. The Balaban J connectivity index is 1.67. The number of carboxylic acids is 1. The smallest absolute Gasteiger partial charge is 0.399 e. The van der Waals surface area contributed by atoms with E-state index in [9.17, 15) is 22.9 Å². The highest BCUT2D eigenvalue weighted by Crippen LogP contribution is 2.60. The van der Waals surface area contributed by atoms with Crippen molar-refractivity contribution in [2.24, 2.45) is 0 Å². The van der Waals surface area contributed by atoms with Crippen molar-refractivity contribution in [2.75, 3.05) is 10.2 Å². The molecule has 0 unspecified atom stereocenters. The number of rotatable bonds is 8. The Bertz CT molecular complexity index is 1690. The molecule has 0 saturated carbocycles. The molecule has 0 radical (unpaired) electrons. The molecule has 0 aliphatic carbocycles. The molecule has 1 heterocycles. The summed E-state index contributed by atoms with van der Waals surface area (Å²) in [5, 5.41) is 13.8. The predicted molar refractivity (Wildman–Crippen MR) is 156 cm³/mol. The first-order valence-electron chi connectivity index (χ1n) is 11.2. The summed E-state index contributed by atoms with van der Waals surface area (Å²) in [6, 6.07) is 14.9. The van der Waals surface area contributed by atoms with Crippen LogP contribution in [0, 0.1) is 0 Å². The van der Waals surface area contributed by atoms with Crippen LogP contribution in [0.3, 0.4) is 0 Å². The van der Waals surface area contributed by atoms with Crippen LogP contribution in [-0.2, 0) is 26.4 Å². The number of carbonyl (C=O) groups is 2. The number of aliphatic carboxylic acids is 1. The minimum absolute atomic E-state index is 0.103. The van der Waals surface area contributed by atoms with E-state index in [1.54, 1.807) is 40.6 Å². The van der Waals surface area contributed by atoms with Crippen LogP contribution < -0.4 is 10.2 Å². The van der Waals surface area contributed by atoms with Gasteiger partial charge in [0, 0.05) is 32.4 Å². The highest BCUT2D eigenvalue weighted by atomic mass is 79.9. The maximum Gasteiger partial charge on any atom is 0.399 e. The Labute approximate surface area is 253 Å². The van der Waals surface area contributed by atoms with Crippen LogP contribution in [0.1, 0.15) is 11.1 Å². The van der Waals surface area contributed by atoms with Crippen molar-refractivity contribution in [1.82, 2.24) is 4.98 Å². The molecular weight excluding hydrogens is 690 g/mol. The summed E-state index contributed by atoms with van der Waals surface area (Å²) in [6.45, 7) is 0.103. The Morgan fingerprint density at radius 2 is 1.73 bits per heavy atom. The number of halogens is 5. The van der Waals surface area contributed by atoms with Gasteiger partial charge in [-0.1, -0.05) is 63.4 Å². The van der Waals surface area contributed by atoms with Gasteiger partial charge in [0.15, 0.2) is 5.13 Å². The number of carboxylic acid groups (broad SMARTS) is 1. The number of thiazole rings is 1. The molecular formula is C25H17BrCl2F2N3O6PS. The number of alkyl halides is 2. The molecule has 4 aromatic rings. The zero-order valence-corrected chi connectivity index (χ0v) is 25.1. The van der Waals surface area contributed by atoms with Gasteiger partial charge >= 0.3 is 25.1 Å². The molecule has 0 saturated heterocycles. The van der Waals surface area contributed by atoms with Crippen molar-refractivity contribution in [3.63, 3.8) is 0 Å². The average Bonchev–Trinajstić information content (AvgIpc) is 3.38. The van der Waals surface area contributed by atoms with E-state index in [0.29, 0.717) is 32.7 Å². The first kappa shape index (κ1) is 31.0. The van der Waals surface area contributed by atoms with Crippen LogP contribution in [0.15, 0.2) is 70.5 Å². The number of hydrogen-bond donors (Lipinski definition) is 4. The Morgan fingerprint density at radius 1 is 1.05 bits per heavy atom. The van der Waals surface area contributed by atoms with Crippen molar-refractivity contribution in [3.05, 3.63) is 91.7 Å². The van der Waals surface area contributed by atoms with Gasteiger partial charge in [-0.25, -0.2) is 9.78 Å².